The Hall–Kier alpha value is -2.47. The van der Waals surface area contributed by atoms with Gasteiger partial charge >= 0.3 is 0 Å². The summed E-state index contributed by atoms with van der Waals surface area (Å²) in [6.45, 7) is 0.901. The Bertz CT molecular complexity index is 1220. The van der Waals surface area contributed by atoms with Crippen LogP contribution in [0.1, 0.15) is 23.2 Å². The standard InChI is InChI=1S/C20H19F2N3O4S2/c1-25(11-14-3-2-8-29-14)31(27,28)15-6-4-12(5-7-15)19(26)24-20-23-18-16(22)9-13(21)10-17(18)30-20/h4-7,9-10,14H,2-3,8,11H2,1H3,(H,23,24,26)/t14-/m0/s1. The molecule has 1 aliphatic rings. The monoisotopic (exact) mass is 467 g/mol. The largest absolute Gasteiger partial charge is 0.377 e. The number of sulfonamides is 1. The molecule has 0 unspecified atom stereocenters. The molecule has 164 valence electrons. The third kappa shape index (κ3) is 4.59. The minimum Gasteiger partial charge on any atom is -0.377 e. The molecule has 0 saturated carbocycles. The van der Waals surface area contributed by atoms with E-state index in [0.717, 1.165) is 36.3 Å². The summed E-state index contributed by atoms with van der Waals surface area (Å²) in [4.78, 5) is 16.5. The van der Waals surface area contributed by atoms with Gasteiger partial charge in [-0.25, -0.2) is 22.2 Å². The summed E-state index contributed by atoms with van der Waals surface area (Å²) < 4.78 is 59.6. The minimum atomic E-state index is -3.72. The molecule has 0 bridgehead atoms. The second-order valence-electron chi connectivity index (χ2n) is 7.15. The summed E-state index contributed by atoms with van der Waals surface area (Å²) in [5.74, 6) is -2.09. The van der Waals surface area contributed by atoms with Gasteiger partial charge < -0.3 is 4.74 Å². The molecule has 4 rings (SSSR count). The highest BCUT2D eigenvalue weighted by Crippen LogP contribution is 2.29. The van der Waals surface area contributed by atoms with Crippen molar-refractivity contribution in [3.63, 3.8) is 0 Å². The first-order valence-electron chi connectivity index (χ1n) is 9.49. The van der Waals surface area contributed by atoms with Crippen LogP contribution in [0.5, 0.6) is 0 Å². The average molecular weight is 468 g/mol. The first-order valence-corrected chi connectivity index (χ1v) is 11.7. The molecule has 1 N–H and O–H groups in total. The fraction of sp³-hybridized carbons (Fsp3) is 0.300. The molecule has 0 radical (unpaired) electrons. The van der Waals surface area contributed by atoms with Gasteiger partial charge in [0.2, 0.25) is 10.0 Å². The van der Waals surface area contributed by atoms with E-state index in [-0.39, 0.29) is 38.5 Å². The maximum atomic E-state index is 13.8. The normalized spacial score (nSPS) is 16.8. The summed E-state index contributed by atoms with van der Waals surface area (Å²) in [7, 11) is -2.23. The Labute approximate surface area is 181 Å². The fourth-order valence-electron chi connectivity index (χ4n) is 3.31. The first kappa shape index (κ1) is 21.8. The van der Waals surface area contributed by atoms with Gasteiger partial charge in [-0.1, -0.05) is 11.3 Å². The number of ether oxygens (including phenoxy) is 1. The van der Waals surface area contributed by atoms with Gasteiger partial charge in [0.25, 0.3) is 5.91 Å². The van der Waals surface area contributed by atoms with Gasteiger partial charge in [-0.15, -0.1) is 0 Å². The quantitative estimate of drug-likeness (QED) is 0.598. The van der Waals surface area contributed by atoms with Crippen LogP contribution in [0.4, 0.5) is 13.9 Å². The maximum absolute atomic E-state index is 13.8. The van der Waals surface area contributed by atoms with Crippen LogP contribution in [0, 0.1) is 11.6 Å². The molecule has 2 aromatic carbocycles. The van der Waals surface area contributed by atoms with Crippen LogP contribution in [0.2, 0.25) is 0 Å². The number of nitrogens with zero attached hydrogens (tertiary/aromatic N) is 2. The lowest BCUT2D eigenvalue weighted by molar-refractivity contribution is 0.0979. The lowest BCUT2D eigenvalue weighted by Gasteiger charge is -2.20. The van der Waals surface area contributed by atoms with Crippen molar-refractivity contribution in [1.82, 2.24) is 9.29 Å². The van der Waals surface area contributed by atoms with E-state index >= 15 is 0 Å². The number of thiazole rings is 1. The number of amides is 1. The molecule has 1 aromatic heterocycles. The molecule has 11 heteroatoms. The molecule has 1 amide bonds. The van der Waals surface area contributed by atoms with Crippen molar-refractivity contribution in [2.45, 2.75) is 23.8 Å². The third-order valence-electron chi connectivity index (χ3n) is 4.94. The molecule has 0 spiro atoms. The lowest BCUT2D eigenvalue weighted by atomic mass is 10.2. The van der Waals surface area contributed by atoms with E-state index in [1.54, 1.807) is 0 Å². The highest BCUT2D eigenvalue weighted by Gasteiger charge is 2.26. The fourth-order valence-corrected chi connectivity index (χ4v) is 5.41. The molecular weight excluding hydrogens is 448 g/mol. The zero-order valence-electron chi connectivity index (χ0n) is 16.5. The van der Waals surface area contributed by atoms with Gasteiger partial charge in [-0.2, -0.15) is 4.31 Å². The lowest BCUT2D eigenvalue weighted by Crippen LogP contribution is -2.34. The maximum Gasteiger partial charge on any atom is 0.257 e. The molecule has 3 aromatic rings. The molecular formula is C20H19F2N3O4S2. The molecule has 0 aliphatic carbocycles. The van der Waals surface area contributed by atoms with Crippen molar-refractivity contribution in [2.75, 3.05) is 25.5 Å². The van der Waals surface area contributed by atoms with E-state index in [2.05, 4.69) is 10.3 Å². The number of fused-ring (bicyclic) bond motifs is 1. The predicted octanol–water partition coefficient (Wildman–Crippen LogP) is 3.63. The topological polar surface area (TPSA) is 88.6 Å². The van der Waals surface area contributed by atoms with Crippen molar-refractivity contribution < 1.29 is 26.7 Å². The van der Waals surface area contributed by atoms with Gasteiger partial charge in [0.1, 0.15) is 11.3 Å². The van der Waals surface area contributed by atoms with Crippen LogP contribution in [-0.4, -0.2) is 49.9 Å². The summed E-state index contributed by atoms with van der Waals surface area (Å²) in [6.07, 6.45) is 1.62. The molecule has 7 nitrogen and oxygen atoms in total. The highest BCUT2D eigenvalue weighted by atomic mass is 32.2. The molecule has 2 heterocycles. The van der Waals surface area contributed by atoms with Crippen molar-refractivity contribution in [3.05, 3.63) is 53.6 Å². The first-order chi connectivity index (χ1) is 14.7. The summed E-state index contributed by atoms with van der Waals surface area (Å²) in [5, 5.41) is 2.64. The van der Waals surface area contributed by atoms with E-state index in [1.165, 1.54) is 35.6 Å². The number of likely N-dealkylation sites (N-methyl/N-ethyl adjacent to an activating group) is 1. The SMILES string of the molecule is CN(C[C@@H]1CCCO1)S(=O)(=O)c1ccc(C(=O)Nc2nc3c(F)cc(F)cc3s2)cc1. The molecule has 1 atom stereocenters. The second-order valence-corrected chi connectivity index (χ2v) is 10.2. The number of carbonyl (C=O) groups excluding carboxylic acids is 1. The molecule has 1 aliphatic heterocycles. The summed E-state index contributed by atoms with van der Waals surface area (Å²) in [5.41, 5.74) is 0.170. The Kier molecular flexibility index (Phi) is 6.02. The Morgan fingerprint density at radius 3 is 2.71 bits per heavy atom. The Morgan fingerprint density at radius 1 is 1.29 bits per heavy atom. The molecule has 1 fully saturated rings. The van der Waals surface area contributed by atoms with Crippen LogP contribution in [0.15, 0.2) is 41.3 Å². The van der Waals surface area contributed by atoms with E-state index in [0.29, 0.717) is 6.61 Å². The van der Waals surface area contributed by atoms with Crippen LogP contribution < -0.4 is 5.32 Å². The number of nitrogens with one attached hydrogen (secondary N) is 1. The van der Waals surface area contributed by atoms with E-state index in [4.69, 9.17) is 4.74 Å². The van der Waals surface area contributed by atoms with Gasteiger partial charge in [0, 0.05) is 31.8 Å². The van der Waals surface area contributed by atoms with E-state index in [9.17, 15) is 22.0 Å². The van der Waals surface area contributed by atoms with Crippen molar-refractivity contribution in [3.8, 4) is 0 Å². The number of hydrogen-bond acceptors (Lipinski definition) is 6. The number of aromatic nitrogens is 1. The molecule has 1 saturated heterocycles. The third-order valence-corrected chi connectivity index (χ3v) is 7.70. The van der Waals surface area contributed by atoms with Crippen molar-refractivity contribution in [1.29, 1.82) is 0 Å². The number of carbonyl (C=O) groups is 1. The van der Waals surface area contributed by atoms with E-state index in [1.807, 2.05) is 0 Å². The van der Waals surface area contributed by atoms with Gasteiger partial charge in [0.05, 0.1) is 15.7 Å². The van der Waals surface area contributed by atoms with Gasteiger partial charge in [0.15, 0.2) is 10.9 Å². The minimum absolute atomic E-state index is 0.0302. The number of anilines is 1. The van der Waals surface area contributed by atoms with Crippen LogP contribution in [-0.2, 0) is 14.8 Å². The number of benzene rings is 2. The number of hydrogen-bond donors (Lipinski definition) is 1. The zero-order valence-corrected chi connectivity index (χ0v) is 18.1. The van der Waals surface area contributed by atoms with Crippen LogP contribution in [0.25, 0.3) is 10.2 Å². The average Bonchev–Trinajstić information content (AvgIpc) is 3.37. The van der Waals surface area contributed by atoms with Crippen LogP contribution >= 0.6 is 11.3 Å². The Morgan fingerprint density at radius 2 is 2.03 bits per heavy atom. The summed E-state index contributed by atoms with van der Waals surface area (Å²) in [6, 6.07) is 7.33. The van der Waals surface area contributed by atoms with Crippen molar-refractivity contribution >= 4 is 42.6 Å². The predicted molar refractivity (Wildman–Crippen MR) is 113 cm³/mol. The number of rotatable bonds is 6. The van der Waals surface area contributed by atoms with Gasteiger partial charge in [-0.05, 0) is 43.2 Å². The number of halogens is 2. The van der Waals surface area contributed by atoms with E-state index < -0.39 is 27.6 Å². The highest BCUT2D eigenvalue weighted by molar-refractivity contribution is 7.89. The second kappa shape index (κ2) is 8.58. The smallest absolute Gasteiger partial charge is 0.257 e. The molecule has 31 heavy (non-hydrogen) atoms. The van der Waals surface area contributed by atoms with Gasteiger partial charge in [-0.3, -0.25) is 10.1 Å². The zero-order chi connectivity index (χ0) is 22.2. The summed E-state index contributed by atoms with van der Waals surface area (Å²) >= 11 is 0.937. The van der Waals surface area contributed by atoms with Crippen molar-refractivity contribution in [2.24, 2.45) is 0 Å². The van der Waals surface area contributed by atoms with Crippen LogP contribution in [0.3, 0.4) is 0 Å². The Balaban J connectivity index is 1.47.